The number of carbonyl (C=O) groups is 1. The maximum Gasteiger partial charge on any atom is 0.158 e. The minimum Gasteiger partial charge on any atom is -0.297 e. The van der Waals surface area contributed by atoms with Crippen LogP contribution in [0.1, 0.15) is 33.4 Å². The van der Waals surface area contributed by atoms with E-state index in [0.717, 1.165) is 18.8 Å². The summed E-state index contributed by atoms with van der Waals surface area (Å²) in [4.78, 5) is 14.4. The fourth-order valence-corrected chi connectivity index (χ4v) is 2.05. The van der Waals surface area contributed by atoms with Gasteiger partial charge in [-0.1, -0.05) is 19.1 Å². The molecule has 0 spiro atoms. The zero-order valence-corrected chi connectivity index (χ0v) is 11.4. The second-order valence-corrected chi connectivity index (χ2v) is 4.71. The third-order valence-corrected chi connectivity index (χ3v) is 3.23. The van der Waals surface area contributed by atoms with Gasteiger partial charge in [-0.25, -0.2) is 0 Å². The van der Waals surface area contributed by atoms with E-state index in [1.807, 2.05) is 13.8 Å². The van der Waals surface area contributed by atoms with Crippen LogP contribution in [0.2, 0.25) is 0 Å². The minimum atomic E-state index is -0.443. The Kier molecular flexibility index (Phi) is 4.40. The number of rotatable bonds is 6. The Labute approximate surface area is 103 Å². The predicted molar refractivity (Wildman–Crippen MR) is 66.7 cm³/mol. The standard InChI is InChI=1S/C12H22N4O/c1-6-16(7-2)12(3,4)11(17)8-10-9-15(5)14-13-10/h9H,6-8H2,1-5H3. The van der Waals surface area contributed by atoms with Crippen LogP contribution in [0.4, 0.5) is 0 Å². The van der Waals surface area contributed by atoms with Gasteiger partial charge in [-0.2, -0.15) is 0 Å². The average molecular weight is 238 g/mol. The second kappa shape index (κ2) is 5.40. The summed E-state index contributed by atoms with van der Waals surface area (Å²) in [6.07, 6.45) is 2.13. The molecule has 5 nitrogen and oxygen atoms in total. The van der Waals surface area contributed by atoms with Crippen molar-refractivity contribution in [3.8, 4) is 0 Å². The van der Waals surface area contributed by atoms with Crippen LogP contribution in [0.3, 0.4) is 0 Å². The fourth-order valence-electron chi connectivity index (χ4n) is 2.05. The van der Waals surface area contributed by atoms with E-state index < -0.39 is 5.54 Å². The third kappa shape index (κ3) is 3.12. The topological polar surface area (TPSA) is 51.0 Å². The van der Waals surface area contributed by atoms with Gasteiger partial charge < -0.3 is 0 Å². The summed E-state index contributed by atoms with van der Waals surface area (Å²) in [6.45, 7) is 9.82. The summed E-state index contributed by atoms with van der Waals surface area (Å²) >= 11 is 0. The molecule has 0 saturated carbocycles. The molecular formula is C12H22N4O. The Balaban J connectivity index is 2.75. The molecule has 0 radical (unpaired) electrons. The maximum atomic E-state index is 12.3. The van der Waals surface area contributed by atoms with Crippen molar-refractivity contribution in [3.05, 3.63) is 11.9 Å². The Morgan fingerprint density at radius 3 is 2.41 bits per heavy atom. The van der Waals surface area contributed by atoms with Crippen LogP contribution < -0.4 is 0 Å². The second-order valence-electron chi connectivity index (χ2n) is 4.71. The lowest BCUT2D eigenvalue weighted by molar-refractivity contribution is -0.128. The molecule has 17 heavy (non-hydrogen) atoms. The van der Waals surface area contributed by atoms with Gasteiger partial charge in [0, 0.05) is 13.2 Å². The lowest BCUT2D eigenvalue weighted by atomic mass is 9.93. The SMILES string of the molecule is CCN(CC)C(C)(C)C(=O)Cc1cn(C)nn1. The van der Waals surface area contributed by atoms with Gasteiger partial charge in [0.25, 0.3) is 0 Å². The van der Waals surface area contributed by atoms with Crippen molar-refractivity contribution in [1.29, 1.82) is 0 Å². The van der Waals surface area contributed by atoms with Gasteiger partial charge >= 0.3 is 0 Å². The summed E-state index contributed by atoms with van der Waals surface area (Å²) in [5.41, 5.74) is 0.291. The van der Waals surface area contributed by atoms with Crippen molar-refractivity contribution in [2.45, 2.75) is 39.7 Å². The summed E-state index contributed by atoms with van der Waals surface area (Å²) in [5, 5.41) is 7.79. The van der Waals surface area contributed by atoms with Crippen LogP contribution in [0, 0.1) is 0 Å². The molecule has 0 saturated heterocycles. The molecule has 96 valence electrons. The van der Waals surface area contributed by atoms with Crippen LogP contribution in [0.15, 0.2) is 6.20 Å². The smallest absolute Gasteiger partial charge is 0.158 e. The van der Waals surface area contributed by atoms with Gasteiger partial charge in [0.1, 0.15) is 0 Å². The first kappa shape index (κ1) is 13.8. The molecule has 1 aromatic rings. The van der Waals surface area contributed by atoms with Gasteiger partial charge in [-0.3, -0.25) is 14.4 Å². The quantitative estimate of drug-likeness (QED) is 0.743. The number of aromatic nitrogens is 3. The van der Waals surface area contributed by atoms with E-state index in [4.69, 9.17) is 0 Å². The lowest BCUT2D eigenvalue weighted by Crippen LogP contribution is -2.50. The minimum absolute atomic E-state index is 0.182. The highest BCUT2D eigenvalue weighted by Gasteiger charge is 2.32. The Hall–Kier alpha value is -1.23. The first-order valence-corrected chi connectivity index (χ1v) is 6.05. The summed E-state index contributed by atoms with van der Waals surface area (Å²) in [6, 6.07) is 0. The number of carbonyl (C=O) groups excluding carboxylic acids is 1. The molecule has 0 atom stereocenters. The first-order valence-electron chi connectivity index (χ1n) is 6.05. The normalized spacial score (nSPS) is 12.1. The molecule has 1 aromatic heterocycles. The van der Waals surface area contributed by atoms with E-state index in [-0.39, 0.29) is 5.78 Å². The number of likely N-dealkylation sites (N-methyl/N-ethyl adjacent to an activating group) is 1. The molecule has 0 N–H and O–H groups in total. The Bertz CT molecular complexity index is 380. The monoisotopic (exact) mass is 238 g/mol. The van der Waals surface area contributed by atoms with Crippen LogP contribution in [0.5, 0.6) is 0 Å². The zero-order valence-electron chi connectivity index (χ0n) is 11.4. The van der Waals surface area contributed by atoms with Gasteiger partial charge in [0.05, 0.1) is 17.7 Å². The van der Waals surface area contributed by atoms with Gasteiger partial charge in [0.2, 0.25) is 0 Å². The molecule has 0 fully saturated rings. The van der Waals surface area contributed by atoms with E-state index >= 15 is 0 Å². The summed E-state index contributed by atoms with van der Waals surface area (Å²) < 4.78 is 1.62. The van der Waals surface area contributed by atoms with Crippen LogP contribution in [0.25, 0.3) is 0 Å². The van der Waals surface area contributed by atoms with Crippen molar-refractivity contribution in [2.24, 2.45) is 7.05 Å². The van der Waals surface area contributed by atoms with Crippen LogP contribution >= 0.6 is 0 Å². The van der Waals surface area contributed by atoms with Crippen LogP contribution in [-0.4, -0.2) is 44.3 Å². The molecule has 0 amide bonds. The molecule has 0 aromatic carbocycles. The largest absolute Gasteiger partial charge is 0.297 e. The molecule has 0 aliphatic heterocycles. The maximum absolute atomic E-state index is 12.3. The van der Waals surface area contributed by atoms with E-state index in [0.29, 0.717) is 6.42 Å². The summed E-state index contributed by atoms with van der Waals surface area (Å²) in [5.74, 6) is 0.182. The van der Waals surface area contributed by atoms with Crippen molar-refractivity contribution in [1.82, 2.24) is 19.9 Å². The van der Waals surface area contributed by atoms with Gasteiger partial charge in [0.15, 0.2) is 5.78 Å². The predicted octanol–water partition coefficient (Wildman–Crippen LogP) is 1.05. The van der Waals surface area contributed by atoms with E-state index in [1.54, 1.807) is 17.9 Å². The molecule has 0 aliphatic carbocycles. The highest BCUT2D eigenvalue weighted by atomic mass is 16.1. The highest BCUT2D eigenvalue weighted by Crippen LogP contribution is 2.17. The molecule has 0 aliphatic rings. The van der Waals surface area contributed by atoms with Crippen LogP contribution in [-0.2, 0) is 18.3 Å². The highest BCUT2D eigenvalue weighted by molar-refractivity contribution is 5.89. The summed E-state index contributed by atoms with van der Waals surface area (Å²) in [7, 11) is 1.80. The van der Waals surface area contributed by atoms with Crippen molar-refractivity contribution >= 4 is 5.78 Å². The van der Waals surface area contributed by atoms with Crippen molar-refractivity contribution < 1.29 is 4.79 Å². The third-order valence-electron chi connectivity index (χ3n) is 3.23. The number of ketones is 1. The van der Waals surface area contributed by atoms with E-state index in [1.165, 1.54) is 0 Å². The number of Topliss-reactive ketones (excluding diaryl/α,β-unsaturated/α-hetero) is 1. The van der Waals surface area contributed by atoms with Gasteiger partial charge in [-0.15, -0.1) is 5.10 Å². The molecular weight excluding hydrogens is 216 g/mol. The number of nitrogens with zero attached hydrogens (tertiary/aromatic N) is 4. The molecule has 0 bridgehead atoms. The number of hydrogen-bond acceptors (Lipinski definition) is 4. The first-order chi connectivity index (χ1) is 7.91. The zero-order chi connectivity index (χ0) is 13.1. The van der Waals surface area contributed by atoms with Crippen molar-refractivity contribution in [2.75, 3.05) is 13.1 Å². The fraction of sp³-hybridized carbons (Fsp3) is 0.750. The molecule has 1 heterocycles. The Morgan fingerprint density at radius 1 is 1.41 bits per heavy atom. The van der Waals surface area contributed by atoms with Gasteiger partial charge in [-0.05, 0) is 26.9 Å². The molecule has 0 unspecified atom stereocenters. The van der Waals surface area contributed by atoms with Crippen molar-refractivity contribution in [3.63, 3.8) is 0 Å². The lowest BCUT2D eigenvalue weighted by Gasteiger charge is -2.35. The molecule has 5 heteroatoms. The number of hydrogen-bond donors (Lipinski definition) is 0. The van der Waals surface area contributed by atoms with E-state index in [9.17, 15) is 4.79 Å². The van der Waals surface area contributed by atoms with E-state index in [2.05, 4.69) is 29.1 Å². The average Bonchev–Trinajstić information content (AvgIpc) is 2.65. The Morgan fingerprint density at radius 2 is 2.00 bits per heavy atom. The number of aryl methyl sites for hydroxylation is 1. The molecule has 1 rings (SSSR count).